The summed E-state index contributed by atoms with van der Waals surface area (Å²) in [6, 6.07) is 14.1. The first kappa shape index (κ1) is 15.8. The maximum atomic E-state index is 12.4. The van der Waals surface area contributed by atoms with Crippen LogP contribution in [-0.2, 0) is 0 Å². The normalized spacial score (nSPS) is 12.0. The summed E-state index contributed by atoms with van der Waals surface area (Å²) in [7, 11) is 0. The van der Waals surface area contributed by atoms with E-state index in [1.807, 2.05) is 25.1 Å². The van der Waals surface area contributed by atoms with Crippen LogP contribution in [0.15, 0.2) is 46.9 Å². The van der Waals surface area contributed by atoms with E-state index in [2.05, 4.69) is 59.4 Å². The third-order valence-corrected chi connectivity index (χ3v) is 3.96. The van der Waals surface area contributed by atoms with Crippen molar-refractivity contribution in [1.29, 1.82) is 0 Å². The maximum Gasteiger partial charge on any atom is 0.251 e. The van der Waals surface area contributed by atoms with Crippen molar-refractivity contribution in [2.45, 2.75) is 33.2 Å². The number of nitrogens with one attached hydrogen (secondary N) is 1. The lowest BCUT2D eigenvalue weighted by molar-refractivity contribution is 0.0935. The van der Waals surface area contributed by atoms with Gasteiger partial charge in [0, 0.05) is 10.0 Å². The van der Waals surface area contributed by atoms with Gasteiger partial charge in [-0.3, -0.25) is 4.79 Å². The highest BCUT2D eigenvalue weighted by molar-refractivity contribution is 9.10. The van der Waals surface area contributed by atoms with Gasteiger partial charge in [0.25, 0.3) is 5.91 Å². The van der Waals surface area contributed by atoms with Crippen molar-refractivity contribution in [3.8, 4) is 0 Å². The van der Waals surface area contributed by atoms with Crippen LogP contribution in [0.5, 0.6) is 0 Å². The molecule has 0 bridgehead atoms. The molecular formula is C18H20BrNO. The monoisotopic (exact) mass is 345 g/mol. The van der Waals surface area contributed by atoms with Gasteiger partial charge < -0.3 is 5.32 Å². The summed E-state index contributed by atoms with van der Waals surface area (Å²) in [6.45, 7) is 6.13. The zero-order chi connectivity index (χ0) is 15.4. The molecule has 0 aliphatic rings. The van der Waals surface area contributed by atoms with Crippen molar-refractivity contribution in [3.63, 3.8) is 0 Å². The van der Waals surface area contributed by atoms with Crippen LogP contribution in [0.3, 0.4) is 0 Å². The Balaban J connectivity index is 2.18. The van der Waals surface area contributed by atoms with E-state index in [1.165, 1.54) is 5.56 Å². The lowest BCUT2D eigenvalue weighted by atomic mass is 10.0. The average Bonchev–Trinajstić information content (AvgIpc) is 2.44. The molecule has 2 rings (SSSR count). The summed E-state index contributed by atoms with van der Waals surface area (Å²) in [5.41, 5.74) is 4.12. The molecule has 1 N–H and O–H groups in total. The molecule has 3 heteroatoms. The van der Waals surface area contributed by atoms with Gasteiger partial charge in [0.2, 0.25) is 0 Å². The summed E-state index contributed by atoms with van der Waals surface area (Å²) < 4.78 is 0.927. The van der Waals surface area contributed by atoms with Gasteiger partial charge in [0.15, 0.2) is 0 Å². The van der Waals surface area contributed by atoms with Crippen LogP contribution in [0.1, 0.15) is 46.4 Å². The van der Waals surface area contributed by atoms with Crippen LogP contribution in [0.2, 0.25) is 0 Å². The Morgan fingerprint density at radius 3 is 2.33 bits per heavy atom. The topological polar surface area (TPSA) is 29.1 Å². The molecule has 2 nitrogen and oxygen atoms in total. The van der Waals surface area contributed by atoms with E-state index in [9.17, 15) is 4.79 Å². The number of halogens is 1. The number of amides is 1. The minimum absolute atomic E-state index is 0.0353. The van der Waals surface area contributed by atoms with Crippen molar-refractivity contribution in [3.05, 3.63) is 69.2 Å². The second-order valence-corrected chi connectivity index (χ2v) is 6.28. The molecule has 0 heterocycles. The van der Waals surface area contributed by atoms with E-state index in [4.69, 9.17) is 0 Å². The third kappa shape index (κ3) is 4.18. The molecule has 110 valence electrons. The van der Waals surface area contributed by atoms with Gasteiger partial charge in [-0.25, -0.2) is 0 Å². The van der Waals surface area contributed by atoms with Crippen LogP contribution in [0, 0.1) is 13.8 Å². The van der Waals surface area contributed by atoms with Crippen LogP contribution >= 0.6 is 15.9 Å². The highest BCUT2D eigenvalue weighted by atomic mass is 79.9. The Morgan fingerprint density at radius 1 is 1.10 bits per heavy atom. The van der Waals surface area contributed by atoms with Crippen molar-refractivity contribution < 1.29 is 4.79 Å². The highest BCUT2D eigenvalue weighted by Gasteiger charge is 2.14. The molecule has 0 aliphatic heterocycles. The molecule has 0 fully saturated rings. The molecule has 21 heavy (non-hydrogen) atoms. The van der Waals surface area contributed by atoms with E-state index >= 15 is 0 Å². The van der Waals surface area contributed by atoms with Crippen molar-refractivity contribution in [2.75, 3.05) is 0 Å². The van der Waals surface area contributed by atoms with Crippen LogP contribution < -0.4 is 5.32 Å². The number of aryl methyl sites for hydroxylation is 2. The molecule has 2 aromatic carbocycles. The number of benzene rings is 2. The predicted octanol–water partition coefficient (Wildman–Crippen LogP) is 4.95. The predicted molar refractivity (Wildman–Crippen MR) is 90.6 cm³/mol. The molecule has 0 saturated carbocycles. The van der Waals surface area contributed by atoms with E-state index in [-0.39, 0.29) is 11.9 Å². The Bertz CT molecular complexity index is 614. The summed E-state index contributed by atoms with van der Waals surface area (Å²) in [5.74, 6) is -0.0353. The summed E-state index contributed by atoms with van der Waals surface area (Å²) in [4.78, 5) is 12.4. The SMILES string of the molecule is CCC(NC(=O)c1cc(C)cc(Br)c1)c1ccc(C)cc1. The van der Waals surface area contributed by atoms with E-state index < -0.39 is 0 Å². The summed E-state index contributed by atoms with van der Waals surface area (Å²) in [5, 5.41) is 3.11. The van der Waals surface area contributed by atoms with E-state index in [0.29, 0.717) is 5.56 Å². The Hall–Kier alpha value is -1.61. The van der Waals surface area contributed by atoms with Crippen LogP contribution in [0.4, 0.5) is 0 Å². The standard InChI is InChI=1S/C18H20BrNO/c1-4-17(14-7-5-12(2)6-8-14)20-18(21)15-9-13(3)10-16(19)11-15/h5-11,17H,4H2,1-3H3,(H,20,21). The summed E-state index contributed by atoms with van der Waals surface area (Å²) >= 11 is 3.44. The quantitative estimate of drug-likeness (QED) is 0.834. The third-order valence-electron chi connectivity index (χ3n) is 3.50. The smallest absolute Gasteiger partial charge is 0.251 e. The van der Waals surface area contributed by atoms with Crippen LogP contribution in [0.25, 0.3) is 0 Å². The minimum atomic E-state index is -0.0353. The van der Waals surface area contributed by atoms with E-state index in [1.54, 1.807) is 0 Å². The molecule has 1 atom stereocenters. The Morgan fingerprint density at radius 2 is 1.76 bits per heavy atom. The fourth-order valence-electron chi connectivity index (χ4n) is 2.33. The highest BCUT2D eigenvalue weighted by Crippen LogP contribution is 2.20. The van der Waals surface area contributed by atoms with Gasteiger partial charge in [0.05, 0.1) is 6.04 Å². The lowest BCUT2D eigenvalue weighted by Crippen LogP contribution is -2.28. The van der Waals surface area contributed by atoms with Gasteiger partial charge in [0.1, 0.15) is 0 Å². The van der Waals surface area contributed by atoms with Crippen molar-refractivity contribution in [1.82, 2.24) is 5.32 Å². The first-order valence-corrected chi connectivity index (χ1v) is 7.93. The van der Waals surface area contributed by atoms with Gasteiger partial charge in [-0.2, -0.15) is 0 Å². The maximum absolute atomic E-state index is 12.4. The first-order chi connectivity index (χ1) is 9.99. The summed E-state index contributed by atoms with van der Waals surface area (Å²) in [6.07, 6.45) is 0.863. The number of rotatable bonds is 4. The zero-order valence-corrected chi connectivity index (χ0v) is 14.2. The van der Waals surface area contributed by atoms with Crippen LogP contribution in [-0.4, -0.2) is 5.91 Å². The Labute approximate surface area is 134 Å². The number of hydrogen-bond acceptors (Lipinski definition) is 1. The first-order valence-electron chi connectivity index (χ1n) is 7.14. The molecular weight excluding hydrogens is 326 g/mol. The van der Waals surface area contributed by atoms with Gasteiger partial charge in [-0.1, -0.05) is 52.7 Å². The second kappa shape index (κ2) is 6.90. The molecule has 2 aromatic rings. The molecule has 0 aromatic heterocycles. The second-order valence-electron chi connectivity index (χ2n) is 5.36. The molecule has 0 aliphatic carbocycles. The largest absolute Gasteiger partial charge is 0.345 e. The molecule has 1 amide bonds. The fourth-order valence-corrected chi connectivity index (χ4v) is 2.94. The van der Waals surface area contributed by atoms with Gasteiger partial charge in [-0.15, -0.1) is 0 Å². The van der Waals surface area contributed by atoms with Crippen molar-refractivity contribution >= 4 is 21.8 Å². The van der Waals surface area contributed by atoms with Gasteiger partial charge >= 0.3 is 0 Å². The van der Waals surface area contributed by atoms with Gasteiger partial charge in [-0.05, 0) is 49.6 Å². The number of hydrogen-bond donors (Lipinski definition) is 1. The molecule has 0 radical (unpaired) electrons. The number of carbonyl (C=O) groups excluding carboxylic acids is 1. The van der Waals surface area contributed by atoms with Crippen molar-refractivity contribution in [2.24, 2.45) is 0 Å². The fraction of sp³-hybridized carbons (Fsp3) is 0.278. The molecule has 0 spiro atoms. The number of carbonyl (C=O) groups is 1. The lowest BCUT2D eigenvalue weighted by Gasteiger charge is -2.18. The minimum Gasteiger partial charge on any atom is -0.345 e. The van der Waals surface area contributed by atoms with E-state index in [0.717, 1.165) is 22.0 Å². The zero-order valence-electron chi connectivity index (χ0n) is 12.6. The Kier molecular flexibility index (Phi) is 5.18. The average molecular weight is 346 g/mol. The molecule has 0 saturated heterocycles. The molecule has 1 unspecified atom stereocenters.